The first-order valence-electron chi connectivity index (χ1n) is 12.7. The molecule has 3 aromatic carbocycles. The van der Waals surface area contributed by atoms with Crippen molar-refractivity contribution in [2.45, 2.75) is 37.2 Å². The molecule has 0 radical (unpaired) electrons. The van der Waals surface area contributed by atoms with Gasteiger partial charge in [0.25, 0.3) is 5.56 Å². The van der Waals surface area contributed by atoms with E-state index in [9.17, 15) is 24.0 Å². The maximum atomic E-state index is 13.3. The van der Waals surface area contributed by atoms with E-state index in [1.165, 1.54) is 28.8 Å². The Morgan fingerprint density at radius 3 is 2.33 bits per heavy atom. The van der Waals surface area contributed by atoms with Gasteiger partial charge in [0.2, 0.25) is 11.8 Å². The van der Waals surface area contributed by atoms with Gasteiger partial charge in [0.1, 0.15) is 5.25 Å². The normalized spacial score (nSPS) is 15.1. The van der Waals surface area contributed by atoms with Crippen LogP contribution < -0.4 is 10.5 Å². The van der Waals surface area contributed by atoms with Gasteiger partial charge in [-0.05, 0) is 50.2 Å². The summed E-state index contributed by atoms with van der Waals surface area (Å²) in [5.74, 6) is -1.85. The SMILES string of the molecule is CCn1c(SC2CC(=O)N(c3ccc(C(=O)OCC(=O)c4ccc(C)cc4)cc3)C2=O)nc2ccccc2c1=O. The van der Waals surface area contributed by atoms with Gasteiger partial charge in [-0.1, -0.05) is 53.7 Å². The summed E-state index contributed by atoms with van der Waals surface area (Å²) >= 11 is 1.09. The third kappa shape index (κ3) is 5.30. The molecule has 202 valence electrons. The van der Waals surface area contributed by atoms with Crippen molar-refractivity contribution in [2.24, 2.45) is 0 Å². The van der Waals surface area contributed by atoms with Crippen LogP contribution >= 0.6 is 11.8 Å². The molecule has 1 aliphatic rings. The molecule has 1 saturated heterocycles. The van der Waals surface area contributed by atoms with Gasteiger partial charge < -0.3 is 4.74 Å². The van der Waals surface area contributed by atoms with Crippen LogP contribution in [0.25, 0.3) is 10.9 Å². The van der Waals surface area contributed by atoms with Crippen molar-refractivity contribution in [2.75, 3.05) is 11.5 Å². The van der Waals surface area contributed by atoms with Crippen LogP contribution in [0.1, 0.15) is 39.6 Å². The van der Waals surface area contributed by atoms with Crippen LogP contribution in [0.5, 0.6) is 0 Å². The number of aromatic nitrogens is 2. The first-order chi connectivity index (χ1) is 19.3. The van der Waals surface area contributed by atoms with Crippen LogP contribution in [0.2, 0.25) is 0 Å². The summed E-state index contributed by atoms with van der Waals surface area (Å²) in [6.07, 6.45) is -0.0547. The lowest BCUT2D eigenvalue weighted by molar-refractivity contribution is -0.121. The van der Waals surface area contributed by atoms with Gasteiger partial charge in [-0.3, -0.25) is 23.7 Å². The number of thioether (sulfide) groups is 1. The number of hydrogen-bond donors (Lipinski definition) is 0. The Bertz CT molecular complexity index is 1700. The van der Waals surface area contributed by atoms with Gasteiger partial charge in [0.15, 0.2) is 17.5 Å². The number of ether oxygens (including phenoxy) is 1. The second-order valence-electron chi connectivity index (χ2n) is 9.25. The second kappa shape index (κ2) is 11.3. The lowest BCUT2D eigenvalue weighted by Crippen LogP contribution is -2.31. The number of esters is 1. The fraction of sp³-hybridized carbons (Fsp3) is 0.200. The number of para-hydroxylation sites is 1. The van der Waals surface area contributed by atoms with Gasteiger partial charge in [0.05, 0.1) is 22.2 Å². The predicted molar refractivity (Wildman–Crippen MR) is 151 cm³/mol. The van der Waals surface area contributed by atoms with Gasteiger partial charge in [-0.2, -0.15) is 0 Å². The Balaban J connectivity index is 1.27. The van der Waals surface area contributed by atoms with Crippen LogP contribution in [0.4, 0.5) is 5.69 Å². The summed E-state index contributed by atoms with van der Waals surface area (Å²) in [4.78, 5) is 69.5. The van der Waals surface area contributed by atoms with E-state index >= 15 is 0 Å². The lowest BCUT2D eigenvalue weighted by atomic mass is 10.1. The molecule has 4 aromatic rings. The van der Waals surface area contributed by atoms with Crippen molar-refractivity contribution in [3.05, 3.63) is 99.8 Å². The first kappa shape index (κ1) is 27.0. The Morgan fingerprint density at radius 2 is 1.62 bits per heavy atom. The molecule has 1 aliphatic heterocycles. The molecule has 0 N–H and O–H groups in total. The van der Waals surface area contributed by atoms with Crippen LogP contribution in [-0.2, 0) is 20.9 Å². The van der Waals surface area contributed by atoms with Crippen molar-refractivity contribution in [1.82, 2.24) is 9.55 Å². The quantitative estimate of drug-likeness (QED) is 0.138. The van der Waals surface area contributed by atoms with E-state index in [4.69, 9.17) is 4.74 Å². The molecule has 2 heterocycles. The molecule has 1 fully saturated rings. The zero-order chi connectivity index (χ0) is 28.4. The highest BCUT2D eigenvalue weighted by Gasteiger charge is 2.41. The molecule has 1 aromatic heterocycles. The smallest absolute Gasteiger partial charge is 0.338 e. The maximum Gasteiger partial charge on any atom is 0.338 e. The molecule has 40 heavy (non-hydrogen) atoms. The number of nitrogens with zero attached hydrogens (tertiary/aromatic N) is 3. The molecule has 10 heteroatoms. The van der Waals surface area contributed by atoms with Crippen molar-refractivity contribution in [3.63, 3.8) is 0 Å². The largest absolute Gasteiger partial charge is 0.454 e. The minimum absolute atomic E-state index is 0.0547. The maximum absolute atomic E-state index is 13.3. The number of rotatable bonds is 8. The van der Waals surface area contributed by atoms with E-state index in [1.807, 2.05) is 13.8 Å². The predicted octanol–water partition coefficient (Wildman–Crippen LogP) is 4.19. The minimum atomic E-state index is -0.754. The molecule has 5 rings (SSSR count). The van der Waals surface area contributed by atoms with Crippen LogP contribution in [-0.4, -0.2) is 45.0 Å². The van der Waals surface area contributed by atoms with Crippen LogP contribution in [0.3, 0.4) is 0 Å². The third-order valence-corrected chi connectivity index (χ3v) is 7.74. The van der Waals surface area contributed by atoms with Crippen molar-refractivity contribution < 1.29 is 23.9 Å². The monoisotopic (exact) mass is 555 g/mol. The van der Waals surface area contributed by atoms with Gasteiger partial charge >= 0.3 is 5.97 Å². The molecular weight excluding hydrogens is 530 g/mol. The highest BCUT2D eigenvalue weighted by atomic mass is 32.2. The average Bonchev–Trinajstić information content (AvgIpc) is 3.24. The van der Waals surface area contributed by atoms with E-state index in [1.54, 1.807) is 48.5 Å². The summed E-state index contributed by atoms with van der Waals surface area (Å²) < 4.78 is 6.65. The number of fused-ring (bicyclic) bond motifs is 1. The fourth-order valence-electron chi connectivity index (χ4n) is 4.39. The number of ketones is 1. The molecule has 0 spiro atoms. The first-order valence-corrected chi connectivity index (χ1v) is 13.5. The Labute approximate surface area is 233 Å². The second-order valence-corrected chi connectivity index (χ2v) is 10.4. The lowest BCUT2D eigenvalue weighted by Gasteiger charge is -2.16. The fourth-order valence-corrected chi connectivity index (χ4v) is 5.57. The Morgan fingerprint density at radius 1 is 0.950 bits per heavy atom. The molecule has 1 atom stereocenters. The number of anilines is 1. The summed E-state index contributed by atoms with van der Waals surface area (Å²) in [7, 11) is 0. The van der Waals surface area contributed by atoms with Gasteiger partial charge in [-0.15, -0.1) is 0 Å². The Kier molecular flexibility index (Phi) is 7.61. The molecular formula is C30H25N3O6S. The Hall–Kier alpha value is -4.57. The summed E-state index contributed by atoms with van der Waals surface area (Å²) in [5, 5.41) is 0.107. The van der Waals surface area contributed by atoms with Crippen LogP contribution in [0.15, 0.2) is 82.7 Å². The molecule has 0 bridgehead atoms. The molecule has 0 saturated carbocycles. The topological polar surface area (TPSA) is 116 Å². The van der Waals surface area contributed by atoms with E-state index in [2.05, 4.69) is 4.98 Å². The summed E-state index contributed by atoms with van der Waals surface area (Å²) in [6.45, 7) is 3.69. The van der Waals surface area contributed by atoms with Crippen molar-refractivity contribution in [1.29, 1.82) is 0 Å². The number of imide groups is 1. The number of carbonyl (C=O) groups is 4. The highest BCUT2D eigenvalue weighted by Crippen LogP contribution is 2.33. The number of carbonyl (C=O) groups excluding carboxylic acids is 4. The van der Waals surface area contributed by atoms with Gasteiger partial charge in [-0.25, -0.2) is 14.7 Å². The number of aryl methyl sites for hydroxylation is 1. The zero-order valence-corrected chi connectivity index (χ0v) is 22.6. The van der Waals surface area contributed by atoms with E-state index < -0.39 is 29.6 Å². The number of hydrogen-bond acceptors (Lipinski definition) is 8. The number of amides is 2. The van der Waals surface area contributed by atoms with E-state index in [-0.39, 0.29) is 23.3 Å². The molecule has 9 nitrogen and oxygen atoms in total. The summed E-state index contributed by atoms with van der Waals surface area (Å²) in [5.41, 5.74) is 2.27. The van der Waals surface area contributed by atoms with Crippen LogP contribution in [0, 0.1) is 6.92 Å². The molecule has 0 aliphatic carbocycles. The number of benzene rings is 3. The summed E-state index contributed by atoms with van der Waals surface area (Å²) in [6, 6.07) is 19.8. The van der Waals surface area contributed by atoms with Crippen molar-refractivity contribution >= 4 is 51.9 Å². The van der Waals surface area contributed by atoms with Crippen molar-refractivity contribution in [3.8, 4) is 0 Å². The average molecular weight is 556 g/mol. The molecule has 2 amide bonds. The van der Waals surface area contributed by atoms with Gasteiger partial charge in [0, 0.05) is 18.5 Å². The highest BCUT2D eigenvalue weighted by molar-refractivity contribution is 8.00. The number of Topliss-reactive ketones (excluding diaryl/α,β-unsaturated/α-hetero) is 1. The third-order valence-electron chi connectivity index (χ3n) is 6.56. The molecule has 1 unspecified atom stereocenters. The minimum Gasteiger partial charge on any atom is -0.454 e. The van der Waals surface area contributed by atoms with E-state index in [0.29, 0.717) is 33.9 Å². The standard InChI is InChI=1S/C30H25N3O6S/c1-3-32-27(36)22-6-4-5-7-23(22)31-30(32)40-25-16-26(35)33(28(25)37)21-14-12-20(13-15-21)29(38)39-17-24(34)19-10-8-18(2)9-11-19/h4-15,25H,3,16-17H2,1-2H3. The van der Waals surface area contributed by atoms with E-state index in [0.717, 1.165) is 22.2 Å². The zero-order valence-electron chi connectivity index (χ0n) is 21.8.